The quantitative estimate of drug-likeness (QED) is 0.359. The second kappa shape index (κ2) is 9.87. The van der Waals surface area contributed by atoms with Crippen LogP contribution in [-0.4, -0.2) is 84.2 Å². The molecule has 0 unspecified atom stereocenters. The fraction of sp³-hybridized carbons (Fsp3) is 0.357. The maximum Gasteiger partial charge on any atom is 0.222 e. The van der Waals surface area contributed by atoms with E-state index in [1.54, 1.807) is 17.1 Å². The number of nitrogens with zero attached hydrogens (tertiary/aromatic N) is 10. The fourth-order valence-electron chi connectivity index (χ4n) is 5.31. The van der Waals surface area contributed by atoms with Crippen molar-refractivity contribution in [3.05, 3.63) is 49.1 Å². The number of aryl methyl sites for hydroxylation is 1. The Balaban J connectivity index is 1.30. The minimum atomic E-state index is 0.0686. The lowest BCUT2D eigenvalue weighted by Crippen LogP contribution is -2.44. The average molecular weight is 538 g/mol. The number of piperazine rings is 1. The zero-order valence-corrected chi connectivity index (χ0v) is 22.8. The largest absolute Gasteiger partial charge is 0.477 e. The van der Waals surface area contributed by atoms with Gasteiger partial charge in [-0.05, 0) is 32.2 Å². The smallest absolute Gasteiger partial charge is 0.222 e. The van der Waals surface area contributed by atoms with Gasteiger partial charge in [0, 0.05) is 75.3 Å². The first-order chi connectivity index (χ1) is 19.5. The van der Waals surface area contributed by atoms with Gasteiger partial charge in [-0.3, -0.25) is 4.68 Å². The molecule has 0 radical (unpaired) electrons. The molecule has 1 saturated heterocycles. The third-order valence-corrected chi connectivity index (χ3v) is 7.67. The molecule has 12 nitrogen and oxygen atoms in total. The van der Waals surface area contributed by atoms with E-state index in [4.69, 9.17) is 19.8 Å². The first-order valence-electron chi connectivity index (χ1n) is 13.6. The molecule has 2 aliphatic heterocycles. The van der Waals surface area contributed by atoms with E-state index >= 15 is 0 Å². The van der Waals surface area contributed by atoms with Crippen LogP contribution in [0, 0.1) is 0 Å². The van der Waals surface area contributed by atoms with Gasteiger partial charge in [-0.1, -0.05) is 0 Å². The van der Waals surface area contributed by atoms with Gasteiger partial charge < -0.3 is 19.9 Å². The number of likely N-dealkylation sites (N-methyl/N-ethyl adjacent to an activating group) is 1. The number of pyridine rings is 2. The Morgan fingerprint density at radius 1 is 0.950 bits per heavy atom. The molecule has 7 heterocycles. The predicted molar refractivity (Wildman–Crippen MR) is 153 cm³/mol. The van der Waals surface area contributed by atoms with E-state index in [-0.39, 0.29) is 6.04 Å². The standard InChI is InChI=1S/C28H31N11O/c1-18-6-13-40-28-21(17-32-37(28)3)27-30-8-5-23(34-27)33-24-15-22-20(16-31-24)26(35-39(18)22)19-4-7-29-25(14-19)38-11-9-36(2)10-12-38/h4-5,7-8,14-18H,6,9-13H2,1-3H3,(H,30,31,33,34)/t18-/m0/s1. The van der Waals surface area contributed by atoms with Crippen LogP contribution < -0.4 is 15.0 Å². The van der Waals surface area contributed by atoms with Gasteiger partial charge in [0.15, 0.2) is 5.82 Å². The molecule has 2 aliphatic rings. The SMILES string of the molecule is C[C@H]1CCOc2c(cnn2C)-c2nccc(n2)Nc2cc3c(cn2)c(-c2ccnc(N4CCN(C)CC4)c2)nn31. The van der Waals surface area contributed by atoms with Crippen LogP contribution >= 0.6 is 0 Å². The van der Waals surface area contributed by atoms with Crippen LogP contribution in [0.15, 0.2) is 49.1 Å². The van der Waals surface area contributed by atoms with E-state index in [0.29, 0.717) is 29.9 Å². The molecule has 0 aromatic carbocycles. The van der Waals surface area contributed by atoms with Crippen molar-refractivity contribution < 1.29 is 4.74 Å². The van der Waals surface area contributed by atoms with Gasteiger partial charge in [-0.2, -0.15) is 10.2 Å². The third kappa shape index (κ3) is 4.39. The lowest BCUT2D eigenvalue weighted by atomic mass is 10.1. The minimum Gasteiger partial charge on any atom is -0.477 e. The molecule has 0 amide bonds. The predicted octanol–water partition coefficient (Wildman–Crippen LogP) is 3.52. The third-order valence-electron chi connectivity index (χ3n) is 7.67. The Morgan fingerprint density at radius 2 is 1.80 bits per heavy atom. The molecule has 40 heavy (non-hydrogen) atoms. The summed E-state index contributed by atoms with van der Waals surface area (Å²) in [5, 5.41) is 13.9. The average Bonchev–Trinajstić information content (AvgIpc) is 3.53. The van der Waals surface area contributed by atoms with Crippen molar-refractivity contribution in [2.24, 2.45) is 7.05 Å². The summed E-state index contributed by atoms with van der Waals surface area (Å²) in [7, 11) is 4.02. The zero-order chi connectivity index (χ0) is 27.2. The van der Waals surface area contributed by atoms with Crippen molar-refractivity contribution in [1.82, 2.24) is 44.4 Å². The maximum absolute atomic E-state index is 6.23. The number of hydrogen-bond donors (Lipinski definition) is 1. The Bertz CT molecular complexity index is 1690. The highest BCUT2D eigenvalue weighted by molar-refractivity contribution is 5.94. The number of fused-ring (bicyclic) bond motifs is 5. The Hall–Kier alpha value is -4.58. The minimum absolute atomic E-state index is 0.0686. The van der Waals surface area contributed by atoms with Gasteiger partial charge in [0.2, 0.25) is 5.88 Å². The molecular weight excluding hydrogens is 506 g/mol. The molecule has 0 saturated carbocycles. The normalized spacial score (nSPS) is 17.8. The van der Waals surface area contributed by atoms with E-state index < -0.39 is 0 Å². The van der Waals surface area contributed by atoms with E-state index in [1.807, 2.05) is 37.6 Å². The van der Waals surface area contributed by atoms with Gasteiger partial charge in [0.25, 0.3) is 0 Å². The molecular formula is C28H31N11O. The van der Waals surface area contributed by atoms with Crippen LogP contribution in [0.4, 0.5) is 17.5 Å². The van der Waals surface area contributed by atoms with Gasteiger partial charge >= 0.3 is 0 Å². The monoisotopic (exact) mass is 537 g/mol. The molecule has 0 spiro atoms. The van der Waals surface area contributed by atoms with E-state index in [1.165, 1.54) is 0 Å². The van der Waals surface area contributed by atoms with E-state index in [9.17, 15) is 0 Å². The highest BCUT2D eigenvalue weighted by Crippen LogP contribution is 2.34. The number of rotatable bonds is 2. The lowest BCUT2D eigenvalue weighted by Gasteiger charge is -2.33. The summed E-state index contributed by atoms with van der Waals surface area (Å²) in [5.41, 5.74) is 3.65. The molecule has 5 aromatic rings. The summed E-state index contributed by atoms with van der Waals surface area (Å²) >= 11 is 0. The summed E-state index contributed by atoms with van der Waals surface area (Å²) in [6.45, 7) is 6.62. The summed E-state index contributed by atoms with van der Waals surface area (Å²) < 4.78 is 10.0. The van der Waals surface area contributed by atoms with Crippen LogP contribution in [0.2, 0.25) is 0 Å². The zero-order valence-electron chi connectivity index (χ0n) is 22.8. The van der Waals surface area contributed by atoms with Gasteiger partial charge in [0.05, 0.1) is 24.4 Å². The summed E-state index contributed by atoms with van der Waals surface area (Å²) in [5.74, 6) is 3.47. The van der Waals surface area contributed by atoms with Crippen molar-refractivity contribution in [3.63, 3.8) is 0 Å². The van der Waals surface area contributed by atoms with Crippen molar-refractivity contribution in [2.45, 2.75) is 19.4 Å². The first kappa shape index (κ1) is 24.5. The molecule has 204 valence electrons. The fourth-order valence-corrected chi connectivity index (χ4v) is 5.31. The number of aromatic nitrogens is 8. The molecule has 1 atom stereocenters. The van der Waals surface area contributed by atoms with Crippen molar-refractivity contribution in [3.8, 4) is 28.5 Å². The van der Waals surface area contributed by atoms with Gasteiger partial charge in [-0.25, -0.2) is 24.6 Å². The summed E-state index contributed by atoms with van der Waals surface area (Å²) in [6, 6.07) is 8.10. The van der Waals surface area contributed by atoms with Gasteiger partial charge in [0.1, 0.15) is 28.7 Å². The maximum atomic E-state index is 6.23. The Labute approximate surface area is 231 Å². The molecule has 4 bridgehead atoms. The highest BCUT2D eigenvalue weighted by atomic mass is 16.5. The second-order valence-electron chi connectivity index (χ2n) is 10.4. The Morgan fingerprint density at radius 3 is 2.67 bits per heavy atom. The highest BCUT2D eigenvalue weighted by Gasteiger charge is 2.22. The molecule has 7 rings (SSSR count). The van der Waals surface area contributed by atoms with Crippen LogP contribution in [0.25, 0.3) is 33.5 Å². The molecule has 12 heteroatoms. The Kier molecular flexibility index (Phi) is 6.03. The number of nitrogens with one attached hydrogen (secondary N) is 1. The van der Waals surface area contributed by atoms with E-state index in [2.05, 4.69) is 54.9 Å². The lowest BCUT2D eigenvalue weighted by molar-refractivity contribution is 0.260. The van der Waals surface area contributed by atoms with Crippen LogP contribution in [-0.2, 0) is 7.05 Å². The molecule has 1 fully saturated rings. The topological polar surface area (TPSA) is 115 Å². The molecule has 5 aromatic heterocycles. The number of anilines is 3. The number of hydrogen-bond acceptors (Lipinski definition) is 10. The van der Waals surface area contributed by atoms with Crippen LogP contribution in [0.5, 0.6) is 5.88 Å². The first-order valence-corrected chi connectivity index (χ1v) is 13.6. The van der Waals surface area contributed by atoms with Gasteiger partial charge in [-0.15, -0.1) is 0 Å². The van der Waals surface area contributed by atoms with Crippen molar-refractivity contribution in [2.75, 3.05) is 50.1 Å². The molecule has 1 N–H and O–H groups in total. The number of ether oxygens (including phenoxy) is 1. The summed E-state index contributed by atoms with van der Waals surface area (Å²) in [6.07, 6.45) is 7.97. The van der Waals surface area contributed by atoms with Crippen molar-refractivity contribution >= 4 is 28.4 Å². The molecule has 0 aliphatic carbocycles. The van der Waals surface area contributed by atoms with Crippen LogP contribution in [0.1, 0.15) is 19.4 Å². The van der Waals surface area contributed by atoms with E-state index in [0.717, 1.165) is 66.1 Å². The van der Waals surface area contributed by atoms with Crippen molar-refractivity contribution in [1.29, 1.82) is 0 Å². The van der Waals surface area contributed by atoms with Crippen LogP contribution in [0.3, 0.4) is 0 Å². The summed E-state index contributed by atoms with van der Waals surface area (Å²) in [4.78, 5) is 23.3. The second-order valence-corrected chi connectivity index (χ2v) is 10.4.